The van der Waals surface area contributed by atoms with E-state index in [1.807, 2.05) is 20.8 Å². The van der Waals surface area contributed by atoms with Gasteiger partial charge in [-0.3, -0.25) is 14.5 Å². The number of aromatic carboxylic acids is 1. The molecule has 8 heteroatoms. The van der Waals surface area contributed by atoms with E-state index in [1.165, 1.54) is 16.7 Å². The molecule has 1 aliphatic carbocycles. The van der Waals surface area contributed by atoms with Gasteiger partial charge in [-0.25, -0.2) is 4.79 Å². The van der Waals surface area contributed by atoms with Crippen LogP contribution in [0.2, 0.25) is 0 Å². The van der Waals surface area contributed by atoms with Gasteiger partial charge in [-0.15, -0.1) is 11.3 Å². The molecule has 1 fully saturated rings. The van der Waals surface area contributed by atoms with Crippen molar-refractivity contribution in [1.82, 2.24) is 4.90 Å². The van der Waals surface area contributed by atoms with Gasteiger partial charge in [0.25, 0.3) is 0 Å². The number of likely N-dealkylation sites (N-methyl/N-ethyl adjacent to an activating group) is 1. The third-order valence-electron chi connectivity index (χ3n) is 5.76. The molecule has 1 aromatic rings. The van der Waals surface area contributed by atoms with Gasteiger partial charge in [-0.05, 0) is 65.4 Å². The van der Waals surface area contributed by atoms with Crippen LogP contribution in [-0.4, -0.2) is 59.1 Å². The van der Waals surface area contributed by atoms with E-state index in [0.29, 0.717) is 23.6 Å². The summed E-state index contributed by atoms with van der Waals surface area (Å²) in [5.41, 5.74) is -0.166. The molecule has 2 N–H and O–H groups in total. The van der Waals surface area contributed by atoms with E-state index >= 15 is 0 Å². The maximum atomic E-state index is 13.8. The number of hydrogen-bond donors (Lipinski definition) is 2. The number of amides is 2. The molecule has 1 heterocycles. The molecule has 2 rings (SSSR count). The minimum atomic E-state index is -1.23. The first-order valence-electron chi connectivity index (χ1n) is 11.4. The van der Waals surface area contributed by atoms with Crippen molar-refractivity contribution in [2.24, 2.45) is 17.3 Å². The molecule has 0 aliphatic heterocycles. The topological polar surface area (TPSA) is 98.2 Å². The van der Waals surface area contributed by atoms with Crippen LogP contribution in [0.25, 0.3) is 0 Å². The predicted molar refractivity (Wildman–Crippen MR) is 130 cm³/mol. The molecule has 0 aromatic carbocycles. The van der Waals surface area contributed by atoms with Crippen LogP contribution in [0.1, 0.15) is 74.9 Å². The molecule has 0 spiro atoms. The number of anilines is 1. The molecule has 33 heavy (non-hydrogen) atoms. The quantitative estimate of drug-likeness (QED) is 0.608. The second-order valence-electron chi connectivity index (χ2n) is 10.2. The highest BCUT2D eigenvalue weighted by Crippen LogP contribution is 2.37. The van der Waals surface area contributed by atoms with Gasteiger partial charge in [0, 0.05) is 25.4 Å². The third-order valence-corrected chi connectivity index (χ3v) is 6.79. The Bertz CT molecular complexity index is 940. The van der Waals surface area contributed by atoms with Crippen LogP contribution in [0.15, 0.2) is 6.07 Å². The van der Waals surface area contributed by atoms with Crippen LogP contribution in [0.3, 0.4) is 0 Å². The molecule has 1 saturated carbocycles. The molecule has 1 aliphatic rings. The highest BCUT2D eigenvalue weighted by molar-refractivity contribution is 7.15. The Morgan fingerprint density at radius 1 is 1.15 bits per heavy atom. The normalized spacial score (nSPS) is 20.2. The fourth-order valence-electron chi connectivity index (χ4n) is 3.93. The van der Waals surface area contributed by atoms with Crippen molar-refractivity contribution in [1.29, 1.82) is 0 Å². The zero-order chi connectivity index (χ0) is 25.1. The van der Waals surface area contributed by atoms with E-state index < -0.39 is 24.0 Å². The first kappa shape index (κ1) is 26.9. The van der Waals surface area contributed by atoms with E-state index in [-0.39, 0.29) is 27.8 Å². The van der Waals surface area contributed by atoms with Gasteiger partial charge >= 0.3 is 5.97 Å². The van der Waals surface area contributed by atoms with Gasteiger partial charge < -0.3 is 15.1 Å². The number of carboxylic acids is 1. The minimum absolute atomic E-state index is 0.0667. The standard InChI is InChI=1S/C25H36N2O5S/c1-15-8-10-17(11-9-15)22(29)27(20(16(2)28)23(30)26(6)7)19-14-18(12-13-25(3,4)5)33-21(19)24(31)32/h14-17,20,28H,8-11H2,1-7H3,(H,31,32). The number of hydrogen-bond acceptors (Lipinski definition) is 5. The van der Waals surface area contributed by atoms with Crippen molar-refractivity contribution >= 4 is 34.8 Å². The Morgan fingerprint density at radius 3 is 2.18 bits per heavy atom. The average Bonchev–Trinajstić information content (AvgIpc) is 3.13. The van der Waals surface area contributed by atoms with Gasteiger partial charge in [0.05, 0.1) is 16.7 Å². The number of nitrogens with zero attached hydrogens (tertiary/aromatic N) is 2. The summed E-state index contributed by atoms with van der Waals surface area (Å²) in [5.74, 6) is 4.30. The lowest BCUT2D eigenvalue weighted by molar-refractivity contribution is -0.136. The van der Waals surface area contributed by atoms with Crippen molar-refractivity contribution in [2.75, 3.05) is 19.0 Å². The lowest BCUT2D eigenvalue weighted by Gasteiger charge is -2.37. The van der Waals surface area contributed by atoms with Crippen LogP contribution in [0.4, 0.5) is 5.69 Å². The molecule has 0 bridgehead atoms. The summed E-state index contributed by atoms with van der Waals surface area (Å²) < 4.78 is 0. The zero-order valence-corrected chi connectivity index (χ0v) is 21.5. The lowest BCUT2D eigenvalue weighted by atomic mass is 9.82. The average molecular weight is 477 g/mol. The van der Waals surface area contributed by atoms with E-state index in [4.69, 9.17) is 0 Å². The Balaban J connectivity index is 2.66. The summed E-state index contributed by atoms with van der Waals surface area (Å²) in [7, 11) is 3.10. The summed E-state index contributed by atoms with van der Waals surface area (Å²) >= 11 is 0.977. The number of carbonyl (C=O) groups is 3. The molecule has 0 saturated heterocycles. The molecular formula is C25H36N2O5S. The van der Waals surface area contributed by atoms with E-state index in [0.717, 1.165) is 24.2 Å². The summed E-state index contributed by atoms with van der Waals surface area (Å²) in [4.78, 5) is 42.0. The number of carbonyl (C=O) groups excluding carboxylic acids is 2. The SMILES string of the molecule is CC1CCC(C(=O)N(c2cc(C#CC(C)(C)C)sc2C(=O)O)C(C(=O)N(C)C)C(C)O)CC1. The Morgan fingerprint density at radius 2 is 1.73 bits per heavy atom. The molecule has 0 radical (unpaired) electrons. The molecular weight excluding hydrogens is 440 g/mol. The molecule has 182 valence electrons. The van der Waals surface area contributed by atoms with Crippen molar-refractivity contribution < 1.29 is 24.6 Å². The van der Waals surface area contributed by atoms with Crippen LogP contribution >= 0.6 is 11.3 Å². The number of rotatable bonds is 6. The Hall–Kier alpha value is -2.37. The zero-order valence-electron chi connectivity index (χ0n) is 20.6. The van der Waals surface area contributed by atoms with Gasteiger partial charge in [-0.2, -0.15) is 0 Å². The highest BCUT2D eigenvalue weighted by atomic mass is 32.1. The number of aliphatic hydroxyl groups is 1. The fourth-order valence-corrected chi connectivity index (χ4v) is 4.77. The summed E-state index contributed by atoms with van der Waals surface area (Å²) in [6, 6.07) is 0.331. The summed E-state index contributed by atoms with van der Waals surface area (Å²) in [5, 5.41) is 20.5. The first-order chi connectivity index (χ1) is 15.2. The number of thiophene rings is 1. The van der Waals surface area contributed by atoms with Crippen LogP contribution in [0, 0.1) is 29.1 Å². The van der Waals surface area contributed by atoms with Crippen LogP contribution < -0.4 is 4.90 Å². The van der Waals surface area contributed by atoms with Gasteiger partial charge in [-0.1, -0.05) is 18.8 Å². The van der Waals surface area contributed by atoms with E-state index in [2.05, 4.69) is 18.8 Å². The second kappa shape index (κ2) is 10.7. The third kappa shape index (κ3) is 6.81. The summed E-state index contributed by atoms with van der Waals surface area (Å²) in [6.07, 6.45) is 1.92. The van der Waals surface area contributed by atoms with Crippen molar-refractivity contribution in [3.63, 3.8) is 0 Å². The Labute approximate surface area is 200 Å². The van der Waals surface area contributed by atoms with Gasteiger partial charge in [0.2, 0.25) is 11.8 Å². The highest BCUT2D eigenvalue weighted by Gasteiger charge is 2.41. The molecule has 2 unspecified atom stereocenters. The van der Waals surface area contributed by atoms with Crippen LogP contribution in [0.5, 0.6) is 0 Å². The van der Waals surface area contributed by atoms with E-state index in [9.17, 15) is 24.6 Å². The number of carboxylic acid groups (broad SMARTS) is 1. The minimum Gasteiger partial charge on any atom is -0.477 e. The largest absolute Gasteiger partial charge is 0.477 e. The maximum absolute atomic E-state index is 13.8. The van der Waals surface area contributed by atoms with Crippen molar-refractivity contribution in [2.45, 2.75) is 72.4 Å². The molecule has 2 atom stereocenters. The second-order valence-corrected chi connectivity index (χ2v) is 11.3. The van der Waals surface area contributed by atoms with Crippen molar-refractivity contribution in [3.8, 4) is 11.8 Å². The fraction of sp³-hybridized carbons (Fsp3) is 0.640. The first-order valence-corrected chi connectivity index (χ1v) is 12.2. The van der Waals surface area contributed by atoms with Gasteiger partial charge in [0.1, 0.15) is 10.9 Å². The monoisotopic (exact) mass is 476 g/mol. The molecule has 1 aromatic heterocycles. The summed E-state index contributed by atoms with van der Waals surface area (Å²) in [6.45, 7) is 9.44. The molecule has 7 nitrogen and oxygen atoms in total. The van der Waals surface area contributed by atoms with Gasteiger partial charge in [0.15, 0.2) is 0 Å². The lowest BCUT2D eigenvalue weighted by Crippen LogP contribution is -2.56. The molecule has 2 amide bonds. The van der Waals surface area contributed by atoms with E-state index in [1.54, 1.807) is 20.2 Å². The predicted octanol–water partition coefficient (Wildman–Crippen LogP) is 3.84. The van der Waals surface area contributed by atoms with Crippen molar-refractivity contribution in [3.05, 3.63) is 15.8 Å². The smallest absolute Gasteiger partial charge is 0.348 e. The van der Waals surface area contributed by atoms with Crippen LogP contribution in [-0.2, 0) is 9.59 Å². The maximum Gasteiger partial charge on any atom is 0.348 e. The number of aliphatic hydroxyl groups excluding tert-OH is 1. The Kier molecular flexibility index (Phi) is 8.72.